The van der Waals surface area contributed by atoms with Crippen LogP contribution in [-0.4, -0.2) is 46.8 Å². The Bertz CT molecular complexity index is 419. The van der Waals surface area contributed by atoms with Crippen LogP contribution in [-0.2, 0) is 6.54 Å². The van der Waals surface area contributed by atoms with Gasteiger partial charge in [0, 0.05) is 25.7 Å². The van der Waals surface area contributed by atoms with Gasteiger partial charge in [-0.25, -0.2) is 0 Å². The lowest BCUT2D eigenvalue weighted by molar-refractivity contribution is 0.0695. The Balaban J connectivity index is 2.07. The molecule has 2 rings (SSSR count). The molecule has 0 atom stereocenters. The highest BCUT2D eigenvalue weighted by Crippen LogP contribution is 2.14. The van der Waals surface area contributed by atoms with Crippen molar-refractivity contribution >= 4 is 5.91 Å². The lowest BCUT2D eigenvalue weighted by Gasteiger charge is -2.31. The maximum absolute atomic E-state index is 12.4. The monoisotopic (exact) mass is 250 g/mol. The number of piperidine rings is 1. The fourth-order valence-electron chi connectivity index (χ4n) is 2.49. The van der Waals surface area contributed by atoms with Gasteiger partial charge in [0.2, 0.25) is 0 Å². The van der Waals surface area contributed by atoms with E-state index in [2.05, 4.69) is 10.4 Å². The molecule has 5 nitrogen and oxygen atoms in total. The summed E-state index contributed by atoms with van der Waals surface area (Å²) in [5.41, 5.74) is 1.63. The van der Waals surface area contributed by atoms with Crippen molar-refractivity contribution < 1.29 is 4.79 Å². The van der Waals surface area contributed by atoms with E-state index in [1.54, 1.807) is 4.68 Å². The smallest absolute Gasteiger partial charge is 0.272 e. The van der Waals surface area contributed by atoms with Gasteiger partial charge in [0.25, 0.3) is 5.91 Å². The summed E-state index contributed by atoms with van der Waals surface area (Å²) in [5.74, 6) is 0.118. The second-order valence-corrected chi connectivity index (χ2v) is 4.84. The lowest BCUT2D eigenvalue weighted by atomic mass is 10.1. The number of aromatic nitrogens is 2. The summed E-state index contributed by atoms with van der Waals surface area (Å²) >= 11 is 0. The number of hydrogen-bond donors (Lipinski definition) is 1. The Kier molecular flexibility index (Phi) is 4.01. The van der Waals surface area contributed by atoms with Crippen LogP contribution in [0.2, 0.25) is 0 Å². The number of aryl methyl sites for hydroxylation is 2. The molecule has 0 unspecified atom stereocenters. The number of likely N-dealkylation sites (tertiary alicyclic amines) is 1. The van der Waals surface area contributed by atoms with Crippen LogP contribution in [0.4, 0.5) is 0 Å². The normalized spacial score (nSPS) is 17.2. The Morgan fingerprint density at radius 1 is 1.50 bits per heavy atom. The first-order chi connectivity index (χ1) is 8.65. The van der Waals surface area contributed by atoms with E-state index >= 15 is 0 Å². The summed E-state index contributed by atoms with van der Waals surface area (Å²) in [6.07, 6.45) is 2.06. The Hall–Kier alpha value is -1.36. The summed E-state index contributed by atoms with van der Waals surface area (Å²) in [6.45, 7) is 6.34. The van der Waals surface area contributed by atoms with Crippen molar-refractivity contribution in [1.82, 2.24) is 20.0 Å². The van der Waals surface area contributed by atoms with Crippen molar-refractivity contribution in [2.75, 3.05) is 20.1 Å². The van der Waals surface area contributed by atoms with E-state index in [0.29, 0.717) is 6.04 Å². The molecule has 1 aliphatic rings. The third-order valence-corrected chi connectivity index (χ3v) is 3.61. The first-order valence-electron chi connectivity index (χ1n) is 6.66. The van der Waals surface area contributed by atoms with Gasteiger partial charge in [-0.3, -0.25) is 9.48 Å². The molecule has 0 bridgehead atoms. The highest BCUT2D eigenvalue weighted by atomic mass is 16.2. The topological polar surface area (TPSA) is 50.2 Å². The first-order valence-corrected chi connectivity index (χ1v) is 6.66. The van der Waals surface area contributed by atoms with Crippen molar-refractivity contribution in [3.63, 3.8) is 0 Å². The predicted octanol–water partition coefficient (Wildman–Crippen LogP) is 1.04. The summed E-state index contributed by atoms with van der Waals surface area (Å²) in [4.78, 5) is 14.4. The van der Waals surface area contributed by atoms with Crippen molar-refractivity contribution in [3.05, 3.63) is 17.5 Å². The Morgan fingerprint density at radius 3 is 2.72 bits per heavy atom. The van der Waals surface area contributed by atoms with Crippen LogP contribution in [0.25, 0.3) is 0 Å². The van der Waals surface area contributed by atoms with Crippen molar-refractivity contribution in [1.29, 1.82) is 0 Å². The van der Waals surface area contributed by atoms with Gasteiger partial charge in [-0.1, -0.05) is 0 Å². The average Bonchev–Trinajstić information content (AvgIpc) is 2.79. The van der Waals surface area contributed by atoms with Gasteiger partial charge >= 0.3 is 0 Å². The predicted molar refractivity (Wildman–Crippen MR) is 70.6 cm³/mol. The molecule has 18 heavy (non-hydrogen) atoms. The molecular formula is C13H22N4O. The molecule has 1 aromatic heterocycles. The molecule has 1 saturated heterocycles. The third-order valence-electron chi connectivity index (χ3n) is 3.61. The van der Waals surface area contributed by atoms with Crippen molar-refractivity contribution in [2.24, 2.45) is 0 Å². The number of hydrogen-bond acceptors (Lipinski definition) is 3. The Morgan fingerprint density at radius 2 is 2.17 bits per heavy atom. The van der Waals surface area contributed by atoms with E-state index < -0.39 is 0 Å². The number of carbonyl (C=O) groups excluding carboxylic acids is 1. The van der Waals surface area contributed by atoms with Crippen LogP contribution in [0.15, 0.2) is 6.07 Å². The molecule has 2 heterocycles. The number of carbonyl (C=O) groups is 1. The van der Waals surface area contributed by atoms with Crippen LogP contribution in [0.5, 0.6) is 0 Å². The van der Waals surface area contributed by atoms with Gasteiger partial charge in [0.1, 0.15) is 5.69 Å². The Labute approximate surface area is 108 Å². The summed E-state index contributed by atoms with van der Waals surface area (Å²) < 4.78 is 1.79. The van der Waals surface area contributed by atoms with E-state index in [4.69, 9.17) is 0 Å². The first kappa shape index (κ1) is 13.1. The molecule has 0 saturated carbocycles. The van der Waals surface area contributed by atoms with Gasteiger partial charge in [0.05, 0.1) is 5.69 Å². The lowest BCUT2D eigenvalue weighted by Crippen LogP contribution is -2.44. The summed E-state index contributed by atoms with van der Waals surface area (Å²) in [5, 5.41) is 7.61. The second kappa shape index (κ2) is 5.52. The quantitative estimate of drug-likeness (QED) is 0.872. The van der Waals surface area contributed by atoms with E-state index in [1.807, 2.05) is 31.9 Å². The molecule has 0 spiro atoms. The zero-order valence-corrected chi connectivity index (χ0v) is 11.4. The molecule has 5 heteroatoms. The largest absolute Gasteiger partial charge is 0.337 e. The fourth-order valence-corrected chi connectivity index (χ4v) is 2.49. The zero-order chi connectivity index (χ0) is 13.1. The molecule has 100 valence electrons. The van der Waals surface area contributed by atoms with Crippen LogP contribution in [0, 0.1) is 6.92 Å². The molecule has 1 fully saturated rings. The van der Waals surface area contributed by atoms with Gasteiger partial charge in [-0.15, -0.1) is 0 Å². The molecule has 1 N–H and O–H groups in total. The number of rotatable bonds is 3. The summed E-state index contributed by atoms with van der Waals surface area (Å²) in [6, 6.07) is 2.43. The van der Waals surface area contributed by atoms with Crippen molar-refractivity contribution in [2.45, 2.75) is 39.3 Å². The van der Waals surface area contributed by atoms with Crippen LogP contribution in [0.1, 0.15) is 35.9 Å². The SMILES string of the molecule is CCn1nc(C)cc1C(=O)N1CCC(NC)CC1. The number of nitrogens with zero attached hydrogens (tertiary/aromatic N) is 3. The van der Waals surface area contributed by atoms with Crippen LogP contribution >= 0.6 is 0 Å². The van der Waals surface area contributed by atoms with Crippen LogP contribution < -0.4 is 5.32 Å². The van der Waals surface area contributed by atoms with Gasteiger partial charge < -0.3 is 10.2 Å². The van der Waals surface area contributed by atoms with E-state index in [-0.39, 0.29) is 5.91 Å². The average molecular weight is 250 g/mol. The molecule has 1 amide bonds. The number of amides is 1. The van der Waals surface area contributed by atoms with Gasteiger partial charge in [0.15, 0.2) is 0 Å². The summed E-state index contributed by atoms with van der Waals surface area (Å²) in [7, 11) is 1.98. The molecule has 1 aromatic rings. The molecule has 0 radical (unpaired) electrons. The molecule has 1 aliphatic heterocycles. The van der Waals surface area contributed by atoms with E-state index in [0.717, 1.165) is 43.9 Å². The van der Waals surface area contributed by atoms with Gasteiger partial charge in [-0.05, 0) is 39.8 Å². The molecule has 0 aromatic carbocycles. The minimum absolute atomic E-state index is 0.118. The van der Waals surface area contributed by atoms with Crippen LogP contribution in [0.3, 0.4) is 0 Å². The maximum atomic E-state index is 12.4. The minimum Gasteiger partial charge on any atom is -0.337 e. The molecular weight excluding hydrogens is 228 g/mol. The van der Waals surface area contributed by atoms with Gasteiger partial charge in [-0.2, -0.15) is 5.10 Å². The van der Waals surface area contributed by atoms with Crippen molar-refractivity contribution in [3.8, 4) is 0 Å². The highest BCUT2D eigenvalue weighted by Gasteiger charge is 2.24. The molecule has 0 aliphatic carbocycles. The number of nitrogens with one attached hydrogen (secondary N) is 1. The fraction of sp³-hybridized carbons (Fsp3) is 0.692. The highest BCUT2D eigenvalue weighted by molar-refractivity contribution is 5.92. The zero-order valence-electron chi connectivity index (χ0n) is 11.4. The maximum Gasteiger partial charge on any atom is 0.272 e. The van der Waals surface area contributed by atoms with E-state index in [9.17, 15) is 4.79 Å². The second-order valence-electron chi connectivity index (χ2n) is 4.84. The minimum atomic E-state index is 0.118. The standard InChI is InChI=1S/C13H22N4O/c1-4-17-12(9-10(2)15-17)13(18)16-7-5-11(14-3)6-8-16/h9,11,14H,4-8H2,1-3H3. The van der Waals surface area contributed by atoms with E-state index in [1.165, 1.54) is 0 Å². The third kappa shape index (κ3) is 2.56.